The summed E-state index contributed by atoms with van der Waals surface area (Å²) in [6.45, 7) is 2.56. The monoisotopic (exact) mass is 154 g/mol. The van der Waals surface area contributed by atoms with Gasteiger partial charge in [0.05, 0.1) is 0 Å². The number of carbonyl (C=O) groups is 1. The Balaban J connectivity index is 2.04. The van der Waals surface area contributed by atoms with Gasteiger partial charge in [-0.15, -0.1) is 0 Å². The van der Waals surface area contributed by atoms with Crippen LogP contribution in [0.15, 0.2) is 12.3 Å². The van der Waals surface area contributed by atoms with Crippen molar-refractivity contribution in [3.63, 3.8) is 0 Å². The molecule has 0 aromatic carbocycles. The van der Waals surface area contributed by atoms with Crippen molar-refractivity contribution < 1.29 is 4.79 Å². The van der Waals surface area contributed by atoms with Crippen LogP contribution in [0.3, 0.4) is 0 Å². The number of amides is 2. The summed E-state index contributed by atoms with van der Waals surface area (Å²) in [6, 6.07) is -0.121. The van der Waals surface area contributed by atoms with Crippen molar-refractivity contribution in [3.05, 3.63) is 12.3 Å². The van der Waals surface area contributed by atoms with Gasteiger partial charge < -0.3 is 10.6 Å². The summed E-state index contributed by atoms with van der Waals surface area (Å²) in [4.78, 5) is 10.8. The zero-order valence-corrected chi connectivity index (χ0v) is 6.76. The highest BCUT2D eigenvalue weighted by Crippen LogP contribution is 2.29. The van der Waals surface area contributed by atoms with Gasteiger partial charge in [0.15, 0.2) is 0 Å². The molecule has 0 aromatic rings. The average Bonchev–Trinajstić information content (AvgIpc) is 2.72. The summed E-state index contributed by atoms with van der Waals surface area (Å²) < 4.78 is 0. The first-order valence-electron chi connectivity index (χ1n) is 4.04. The van der Waals surface area contributed by atoms with E-state index in [-0.39, 0.29) is 6.03 Å². The molecule has 1 aliphatic carbocycles. The van der Waals surface area contributed by atoms with E-state index in [9.17, 15) is 4.79 Å². The van der Waals surface area contributed by atoms with Crippen LogP contribution in [0.4, 0.5) is 4.79 Å². The standard InChI is InChI=1S/C8H14N2O/c1-2-9-8(11)10-6-5-7-3-4-7/h5-7H,2-4H2,1H3,(H2,9,10,11)/b6-5+. The van der Waals surface area contributed by atoms with E-state index in [2.05, 4.69) is 10.6 Å². The zero-order chi connectivity index (χ0) is 8.10. The van der Waals surface area contributed by atoms with Crippen LogP contribution in [0.1, 0.15) is 19.8 Å². The van der Waals surface area contributed by atoms with Crippen LogP contribution in [0.5, 0.6) is 0 Å². The fourth-order valence-corrected chi connectivity index (χ4v) is 0.760. The van der Waals surface area contributed by atoms with Crippen LogP contribution in [0.25, 0.3) is 0 Å². The molecule has 0 aliphatic heterocycles. The molecule has 0 aromatic heterocycles. The van der Waals surface area contributed by atoms with E-state index in [0.29, 0.717) is 6.54 Å². The van der Waals surface area contributed by atoms with Gasteiger partial charge in [-0.05, 0) is 25.7 Å². The smallest absolute Gasteiger partial charge is 0.318 e. The molecule has 0 radical (unpaired) electrons. The lowest BCUT2D eigenvalue weighted by Crippen LogP contribution is -2.31. The number of carbonyl (C=O) groups excluding carboxylic acids is 1. The van der Waals surface area contributed by atoms with E-state index in [0.717, 1.165) is 5.92 Å². The molecule has 0 heterocycles. The van der Waals surface area contributed by atoms with Crippen LogP contribution >= 0.6 is 0 Å². The molecule has 1 fully saturated rings. The van der Waals surface area contributed by atoms with Crippen LogP contribution in [-0.4, -0.2) is 12.6 Å². The molecule has 0 spiro atoms. The largest absolute Gasteiger partial charge is 0.338 e. The highest BCUT2D eigenvalue weighted by molar-refractivity contribution is 5.74. The Morgan fingerprint density at radius 2 is 2.36 bits per heavy atom. The Morgan fingerprint density at radius 1 is 1.64 bits per heavy atom. The topological polar surface area (TPSA) is 41.1 Å². The van der Waals surface area contributed by atoms with Gasteiger partial charge >= 0.3 is 6.03 Å². The van der Waals surface area contributed by atoms with Crippen molar-refractivity contribution in [1.29, 1.82) is 0 Å². The summed E-state index contributed by atoms with van der Waals surface area (Å²) in [5.74, 6) is 0.719. The van der Waals surface area contributed by atoms with E-state index in [1.807, 2.05) is 13.0 Å². The van der Waals surface area contributed by atoms with Gasteiger partial charge in [-0.2, -0.15) is 0 Å². The van der Waals surface area contributed by atoms with E-state index in [1.54, 1.807) is 6.20 Å². The molecule has 0 unspecified atom stereocenters. The average molecular weight is 154 g/mol. The summed E-state index contributed by atoms with van der Waals surface area (Å²) in [7, 11) is 0. The van der Waals surface area contributed by atoms with Gasteiger partial charge in [-0.3, -0.25) is 0 Å². The molecule has 3 heteroatoms. The number of urea groups is 1. The first-order valence-corrected chi connectivity index (χ1v) is 4.04. The third-order valence-corrected chi connectivity index (χ3v) is 1.54. The molecule has 11 heavy (non-hydrogen) atoms. The molecule has 1 rings (SSSR count). The van der Waals surface area contributed by atoms with E-state index in [4.69, 9.17) is 0 Å². The van der Waals surface area contributed by atoms with Crippen molar-refractivity contribution in [2.24, 2.45) is 5.92 Å². The van der Waals surface area contributed by atoms with Gasteiger partial charge in [0, 0.05) is 12.7 Å². The number of hydrogen-bond donors (Lipinski definition) is 2. The SMILES string of the molecule is CCNC(=O)N/C=C/C1CC1. The maximum absolute atomic E-state index is 10.8. The van der Waals surface area contributed by atoms with Crippen LogP contribution in [0, 0.1) is 5.92 Å². The first kappa shape index (κ1) is 8.11. The minimum absolute atomic E-state index is 0.121. The number of nitrogens with one attached hydrogen (secondary N) is 2. The molecular weight excluding hydrogens is 140 g/mol. The predicted molar refractivity (Wildman–Crippen MR) is 44.1 cm³/mol. The Morgan fingerprint density at radius 3 is 2.91 bits per heavy atom. The van der Waals surface area contributed by atoms with Crippen LogP contribution in [-0.2, 0) is 0 Å². The number of rotatable bonds is 3. The van der Waals surface area contributed by atoms with Gasteiger partial charge in [-0.25, -0.2) is 4.79 Å². The van der Waals surface area contributed by atoms with Crippen molar-refractivity contribution in [2.45, 2.75) is 19.8 Å². The van der Waals surface area contributed by atoms with E-state index < -0.39 is 0 Å². The first-order chi connectivity index (χ1) is 5.33. The van der Waals surface area contributed by atoms with Gasteiger partial charge in [0.25, 0.3) is 0 Å². The lowest BCUT2D eigenvalue weighted by molar-refractivity contribution is 0.244. The summed E-state index contributed by atoms with van der Waals surface area (Å²) >= 11 is 0. The van der Waals surface area contributed by atoms with Crippen molar-refractivity contribution in [1.82, 2.24) is 10.6 Å². The molecule has 3 nitrogen and oxygen atoms in total. The fraction of sp³-hybridized carbons (Fsp3) is 0.625. The number of hydrogen-bond acceptors (Lipinski definition) is 1. The molecule has 0 atom stereocenters. The molecule has 2 amide bonds. The molecular formula is C8H14N2O. The minimum atomic E-state index is -0.121. The van der Waals surface area contributed by atoms with Crippen molar-refractivity contribution >= 4 is 6.03 Å². The van der Waals surface area contributed by atoms with E-state index >= 15 is 0 Å². The summed E-state index contributed by atoms with van der Waals surface area (Å²) in [5, 5.41) is 5.26. The summed E-state index contributed by atoms with van der Waals surface area (Å²) in [6.07, 6.45) is 6.30. The molecule has 0 bridgehead atoms. The highest BCUT2D eigenvalue weighted by atomic mass is 16.2. The maximum Gasteiger partial charge on any atom is 0.318 e. The lowest BCUT2D eigenvalue weighted by atomic mass is 10.4. The Kier molecular flexibility index (Phi) is 2.95. The molecule has 1 saturated carbocycles. The Labute approximate surface area is 66.9 Å². The van der Waals surface area contributed by atoms with Crippen molar-refractivity contribution in [2.75, 3.05) is 6.54 Å². The van der Waals surface area contributed by atoms with Crippen molar-refractivity contribution in [3.8, 4) is 0 Å². The van der Waals surface area contributed by atoms with Crippen LogP contribution < -0.4 is 10.6 Å². The molecule has 1 aliphatic rings. The van der Waals surface area contributed by atoms with Crippen LogP contribution in [0.2, 0.25) is 0 Å². The number of allylic oxidation sites excluding steroid dienone is 1. The van der Waals surface area contributed by atoms with Gasteiger partial charge in [0.2, 0.25) is 0 Å². The highest BCUT2D eigenvalue weighted by Gasteiger charge is 2.16. The second kappa shape index (κ2) is 4.01. The van der Waals surface area contributed by atoms with Gasteiger partial charge in [-0.1, -0.05) is 6.08 Å². The maximum atomic E-state index is 10.8. The van der Waals surface area contributed by atoms with Gasteiger partial charge in [0.1, 0.15) is 0 Å². The third-order valence-electron chi connectivity index (χ3n) is 1.54. The Bertz CT molecular complexity index is 161. The fourth-order valence-electron chi connectivity index (χ4n) is 0.760. The second-order valence-corrected chi connectivity index (χ2v) is 2.70. The third kappa shape index (κ3) is 3.65. The normalized spacial score (nSPS) is 16.8. The zero-order valence-electron chi connectivity index (χ0n) is 6.76. The predicted octanol–water partition coefficient (Wildman–Crippen LogP) is 1.23. The Hall–Kier alpha value is -0.990. The molecule has 2 N–H and O–H groups in total. The quantitative estimate of drug-likeness (QED) is 0.630. The second-order valence-electron chi connectivity index (χ2n) is 2.70. The van der Waals surface area contributed by atoms with E-state index in [1.165, 1.54) is 12.8 Å². The molecule has 0 saturated heterocycles. The molecule has 62 valence electrons. The summed E-state index contributed by atoms with van der Waals surface area (Å²) in [5.41, 5.74) is 0. The minimum Gasteiger partial charge on any atom is -0.338 e. The lowest BCUT2D eigenvalue weighted by Gasteiger charge is -1.98.